The van der Waals surface area contributed by atoms with E-state index in [1.165, 1.54) is 0 Å². The summed E-state index contributed by atoms with van der Waals surface area (Å²) in [7, 11) is 0. The van der Waals surface area contributed by atoms with Crippen molar-refractivity contribution in [3.8, 4) is 0 Å². The van der Waals surface area contributed by atoms with Crippen molar-refractivity contribution in [3.05, 3.63) is 0 Å². The number of carbonyl (C=O) groups excluding carboxylic acids is 2. The molecule has 0 radical (unpaired) electrons. The van der Waals surface area contributed by atoms with Gasteiger partial charge in [-0.05, 0) is 0 Å². The number of hydrogen-bond donors (Lipinski definition) is 0. The summed E-state index contributed by atoms with van der Waals surface area (Å²) >= 11 is 1.68. The van der Waals surface area contributed by atoms with Gasteiger partial charge < -0.3 is 0 Å². The smallest absolute Gasteiger partial charge is 0.147 e. The van der Waals surface area contributed by atoms with Crippen LogP contribution in [0, 0.1) is 5.92 Å². The number of thioether (sulfide) groups is 1. The summed E-state index contributed by atoms with van der Waals surface area (Å²) in [5.41, 5.74) is 0. The summed E-state index contributed by atoms with van der Waals surface area (Å²) in [6.45, 7) is 4.08. The SMILES string of the molecule is CC1(C)CC(=O)[C@@H]2CC(=O)[C@@H]2S1. The van der Waals surface area contributed by atoms with Crippen LogP contribution < -0.4 is 0 Å². The number of carbonyl (C=O) groups is 2. The second-order valence-electron chi connectivity index (χ2n) is 4.22. The molecule has 12 heavy (non-hydrogen) atoms. The molecule has 0 unspecified atom stereocenters. The number of rotatable bonds is 0. The lowest BCUT2D eigenvalue weighted by atomic mass is 9.77. The van der Waals surface area contributed by atoms with Crippen LogP contribution in [-0.2, 0) is 9.59 Å². The zero-order valence-electron chi connectivity index (χ0n) is 7.29. The van der Waals surface area contributed by atoms with E-state index in [2.05, 4.69) is 0 Å². The molecule has 0 amide bonds. The maximum absolute atomic E-state index is 11.5. The topological polar surface area (TPSA) is 34.1 Å². The largest absolute Gasteiger partial charge is 0.299 e. The van der Waals surface area contributed by atoms with Crippen LogP contribution in [0.3, 0.4) is 0 Å². The van der Waals surface area contributed by atoms with Crippen molar-refractivity contribution in [1.29, 1.82) is 0 Å². The van der Waals surface area contributed by atoms with Gasteiger partial charge in [-0.1, -0.05) is 13.8 Å². The Balaban J connectivity index is 2.18. The average Bonchev–Trinajstić information content (AvgIpc) is 1.93. The third-order valence-electron chi connectivity index (χ3n) is 2.56. The molecule has 2 fully saturated rings. The summed E-state index contributed by atoms with van der Waals surface area (Å²) in [5.74, 6) is 0.630. The van der Waals surface area contributed by atoms with E-state index in [4.69, 9.17) is 0 Å². The Morgan fingerprint density at radius 3 is 2.58 bits per heavy atom. The summed E-state index contributed by atoms with van der Waals surface area (Å²) in [5, 5.41) is 0.00116. The molecule has 0 bridgehead atoms. The van der Waals surface area contributed by atoms with Crippen molar-refractivity contribution < 1.29 is 9.59 Å². The summed E-state index contributed by atoms with van der Waals surface area (Å²) in [6.07, 6.45) is 1.14. The van der Waals surface area contributed by atoms with Crippen molar-refractivity contribution in [3.63, 3.8) is 0 Å². The fraction of sp³-hybridized carbons (Fsp3) is 0.778. The molecule has 0 aromatic carbocycles. The molecule has 1 aliphatic carbocycles. The zero-order chi connectivity index (χ0) is 8.93. The minimum Gasteiger partial charge on any atom is -0.299 e. The molecular formula is C9H12O2S. The van der Waals surface area contributed by atoms with Crippen molar-refractivity contribution in [1.82, 2.24) is 0 Å². The molecule has 2 rings (SSSR count). The second kappa shape index (κ2) is 2.34. The predicted molar refractivity (Wildman–Crippen MR) is 48.2 cm³/mol. The molecule has 66 valence electrons. The van der Waals surface area contributed by atoms with Gasteiger partial charge in [-0.3, -0.25) is 9.59 Å². The minimum absolute atomic E-state index is 0.00116. The van der Waals surface area contributed by atoms with Crippen LogP contribution in [0.4, 0.5) is 0 Å². The number of ketones is 2. The van der Waals surface area contributed by atoms with E-state index in [1.54, 1.807) is 11.8 Å². The molecule has 1 heterocycles. The van der Waals surface area contributed by atoms with Gasteiger partial charge in [-0.25, -0.2) is 0 Å². The highest BCUT2D eigenvalue weighted by molar-refractivity contribution is 8.02. The van der Waals surface area contributed by atoms with E-state index in [0.717, 1.165) is 0 Å². The van der Waals surface area contributed by atoms with Crippen LogP contribution in [0.1, 0.15) is 26.7 Å². The highest BCUT2D eigenvalue weighted by Crippen LogP contribution is 2.48. The van der Waals surface area contributed by atoms with Gasteiger partial charge in [0.15, 0.2) is 0 Å². The fourth-order valence-corrected chi connectivity index (χ4v) is 3.42. The quantitative estimate of drug-likeness (QED) is 0.571. The van der Waals surface area contributed by atoms with E-state index < -0.39 is 0 Å². The Morgan fingerprint density at radius 2 is 2.00 bits per heavy atom. The van der Waals surface area contributed by atoms with Crippen LogP contribution in [0.15, 0.2) is 0 Å². The van der Waals surface area contributed by atoms with Crippen molar-refractivity contribution in [2.75, 3.05) is 0 Å². The highest BCUT2D eigenvalue weighted by Gasteiger charge is 2.51. The lowest BCUT2D eigenvalue weighted by Gasteiger charge is -2.43. The van der Waals surface area contributed by atoms with Crippen molar-refractivity contribution in [2.24, 2.45) is 5.92 Å². The molecule has 2 aliphatic rings. The van der Waals surface area contributed by atoms with E-state index in [-0.39, 0.29) is 21.7 Å². The van der Waals surface area contributed by atoms with Gasteiger partial charge in [-0.15, -0.1) is 11.8 Å². The first-order chi connectivity index (χ1) is 5.49. The third-order valence-corrected chi connectivity index (χ3v) is 4.19. The van der Waals surface area contributed by atoms with Gasteiger partial charge >= 0.3 is 0 Å². The molecule has 0 N–H and O–H groups in total. The number of Topliss-reactive ketones (excluding diaryl/α,β-unsaturated/α-hetero) is 2. The van der Waals surface area contributed by atoms with Gasteiger partial charge in [0.2, 0.25) is 0 Å². The van der Waals surface area contributed by atoms with E-state index >= 15 is 0 Å². The molecule has 2 atom stereocenters. The summed E-state index contributed by atoms with van der Waals surface area (Å²) in [4.78, 5) is 22.6. The molecule has 0 spiro atoms. The normalized spacial score (nSPS) is 38.8. The number of fused-ring (bicyclic) bond motifs is 1. The Hall–Kier alpha value is -0.310. The fourth-order valence-electron chi connectivity index (χ4n) is 1.87. The maximum atomic E-state index is 11.5. The van der Waals surface area contributed by atoms with Crippen LogP contribution in [0.2, 0.25) is 0 Å². The minimum atomic E-state index is -0.0195. The molecule has 1 aliphatic heterocycles. The monoisotopic (exact) mass is 184 g/mol. The standard InChI is InChI=1S/C9H12O2S/c1-9(2)4-7(11)5-3-6(10)8(5)12-9/h5,8H,3-4H2,1-2H3/t5-,8+/m0/s1. The van der Waals surface area contributed by atoms with Crippen LogP contribution >= 0.6 is 11.8 Å². The van der Waals surface area contributed by atoms with Gasteiger partial charge in [-0.2, -0.15) is 0 Å². The van der Waals surface area contributed by atoms with Gasteiger partial charge in [0.25, 0.3) is 0 Å². The maximum Gasteiger partial charge on any atom is 0.147 e. The van der Waals surface area contributed by atoms with Gasteiger partial charge in [0.1, 0.15) is 11.6 Å². The molecule has 0 aromatic rings. The van der Waals surface area contributed by atoms with Crippen molar-refractivity contribution in [2.45, 2.75) is 36.7 Å². The molecule has 0 aromatic heterocycles. The second-order valence-corrected chi connectivity index (χ2v) is 6.07. The first-order valence-electron chi connectivity index (χ1n) is 4.23. The van der Waals surface area contributed by atoms with Crippen LogP contribution in [0.5, 0.6) is 0 Å². The summed E-state index contributed by atoms with van der Waals surface area (Å²) < 4.78 is -0.0195. The Labute approximate surface area is 76.1 Å². The van der Waals surface area contributed by atoms with Crippen molar-refractivity contribution >= 4 is 23.3 Å². The van der Waals surface area contributed by atoms with Crippen LogP contribution in [-0.4, -0.2) is 21.6 Å². The van der Waals surface area contributed by atoms with Crippen LogP contribution in [0.25, 0.3) is 0 Å². The first kappa shape index (κ1) is 8.30. The summed E-state index contributed by atoms with van der Waals surface area (Å²) in [6, 6.07) is 0. The average molecular weight is 184 g/mol. The molecule has 3 heteroatoms. The predicted octanol–water partition coefficient (Wildman–Crippen LogP) is 1.43. The molecule has 1 saturated heterocycles. The van der Waals surface area contributed by atoms with Gasteiger partial charge in [0, 0.05) is 23.5 Å². The Kier molecular flexibility index (Phi) is 1.62. The van der Waals surface area contributed by atoms with E-state index in [0.29, 0.717) is 18.6 Å². The first-order valence-corrected chi connectivity index (χ1v) is 5.11. The molecular weight excluding hydrogens is 172 g/mol. The third kappa shape index (κ3) is 1.11. The molecule has 1 saturated carbocycles. The van der Waals surface area contributed by atoms with E-state index in [1.807, 2.05) is 13.8 Å². The Bertz CT molecular complexity index is 257. The van der Waals surface area contributed by atoms with Gasteiger partial charge in [0.05, 0.1) is 5.25 Å². The Morgan fingerprint density at radius 1 is 1.33 bits per heavy atom. The lowest BCUT2D eigenvalue weighted by Crippen LogP contribution is -2.51. The lowest BCUT2D eigenvalue weighted by molar-refractivity contribution is -0.136. The van der Waals surface area contributed by atoms with E-state index in [9.17, 15) is 9.59 Å². The highest BCUT2D eigenvalue weighted by atomic mass is 32.2. The molecule has 2 nitrogen and oxygen atoms in total. The number of hydrogen-bond acceptors (Lipinski definition) is 3. The zero-order valence-corrected chi connectivity index (χ0v) is 8.11.